The van der Waals surface area contributed by atoms with E-state index in [1.807, 2.05) is 0 Å². The molecular weight excluding hydrogens is 223 g/mol. The van der Waals surface area contributed by atoms with Crippen LogP contribution in [0.5, 0.6) is 0 Å². The molecule has 0 aromatic carbocycles. The maximum absolute atomic E-state index is 12.5. The molecule has 0 radical (unpaired) electrons. The van der Waals surface area contributed by atoms with Gasteiger partial charge in [-0.2, -0.15) is 18.3 Å². The van der Waals surface area contributed by atoms with Gasteiger partial charge in [-0.3, -0.25) is 0 Å². The summed E-state index contributed by atoms with van der Waals surface area (Å²) in [5.41, 5.74) is 8.04. The summed E-state index contributed by atoms with van der Waals surface area (Å²) in [7, 11) is 0. The van der Waals surface area contributed by atoms with Crippen molar-refractivity contribution in [2.24, 2.45) is 16.5 Å². The van der Waals surface area contributed by atoms with Crippen molar-refractivity contribution in [3.05, 3.63) is 30.2 Å². The Bertz CT molecular complexity index is 409. The Kier molecular flexibility index (Phi) is 3.44. The lowest BCUT2D eigenvalue weighted by Crippen LogP contribution is -2.29. The van der Waals surface area contributed by atoms with Crippen molar-refractivity contribution in [2.45, 2.75) is 6.18 Å². The molecule has 1 rings (SSSR count). The molecule has 0 aliphatic carbocycles. The van der Waals surface area contributed by atoms with E-state index in [2.05, 4.69) is 15.2 Å². The van der Waals surface area contributed by atoms with E-state index in [4.69, 9.17) is 11.5 Å². The smallest absolute Gasteiger partial charge is 0.403 e. The van der Waals surface area contributed by atoms with E-state index in [9.17, 15) is 13.2 Å². The van der Waals surface area contributed by atoms with Crippen LogP contribution < -0.4 is 11.5 Å². The van der Waals surface area contributed by atoms with Crippen molar-refractivity contribution in [3.63, 3.8) is 0 Å². The molecule has 0 fully saturated rings. The first-order chi connectivity index (χ1) is 7.45. The summed E-state index contributed by atoms with van der Waals surface area (Å²) in [5, 5.41) is 6.78. The van der Waals surface area contributed by atoms with E-state index in [0.29, 0.717) is 6.20 Å². The number of hydrogen-bond acceptors (Lipinski definition) is 5. The molecule has 0 saturated carbocycles. The minimum Gasteiger partial charge on any atom is -0.403 e. The molecule has 0 amide bonds. The second-order valence-corrected chi connectivity index (χ2v) is 2.66. The number of hydrogen-bond donors (Lipinski definition) is 2. The fraction of sp³-hybridized carbons (Fsp3) is 0.125. The second-order valence-electron chi connectivity index (χ2n) is 2.66. The number of aromatic nitrogens is 2. The van der Waals surface area contributed by atoms with Gasteiger partial charge in [0.2, 0.25) is 0 Å². The van der Waals surface area contributed by atoms with Crippen molar-refractivity contribution >= 4 is 11.5 Å². The van der Waals surface area contributed by atoms with Gasteiger partial charge in [0.05, 0.1) is 5.70 Å². The summed E-state index contributed by atoms with van der Waals surface area (Å²) in [6, 6.07) is 2.67. The average Bonchev–Trinajstić information content (AvgIpc) is 2.25. The van der Waals surface area contributed by atoms with Crippen LogP contribution in [-0.2, 0) is 0 Å². The van der Waals surface area contributed by atoms with Crippen molar-refractivity contribution in [1.82, 2.24) is 10.2 Å². The molecule has 86 valence electrons. The van der Waals surface area contributed by atoms with Gasteiger partial charge >= 0.3 is 6.18 Å². The number of allylic oxidation sites excluding steroid dienone is 1. The minimum absolute atomic E-state index is 0.195. The summed E-state index contributed by atoms with van der Waals surface area (Å²) in [5.74, 6) is -0.195. The fourth-order valence-corrected chi connectivity index (χ4v) is 0.838. The zero-order valence-corrected chi connectivity index (χ0v) is 7.94. The third kappa shape index (κ3) is 2.94. The fourth-order valence-electron chi connectivity index (χ4n) is 0.838. The van der Waals surface area contributed by atoms with Crippen LogP contribution in [0.4, 0.5) is 19.0 Å². The zero-order chi connectivity index (χ0) is 12.2. The maximum Gasteiger partial charge on any atom is 0.435 e. The molecule has 16 heavy (non-hydrogen) atoms. The predicted octanol–water partition coefficient (Wildman–Crippen LogP) is 0.870. The lowest BCUT2D eigenvalue weighted by atomic mass is 10.3. The van der Waals surface area contributed by atoms with Gasteiger partial charge in [-0.25, -0.2) is 4.99 Å². The highest BCUT2D eigenvalue weighted by Gasteiger charge is 2.37. The van der Waals surface area contributed by atoms with E-state index in [-0.39, 0.29) is 5.82 Å². The Morgan fingerprint density at radius 1 is 1.44 bits per heavy atom. The minimum atomic E-state index is -4.70. The normalized spacial score (nSPS) is 13.9. The summed E-state index contributed by atoms with van der Waals surface area (Å²) in [6.45, 7) is 0. The number of aliphatic imine (C=N–C) groups is 1. The Balaban J connectivity index is 3.18. The van der Waals surface area contributed by atoms with Gasteiger partial charge in [0, 0.05) is 12.4 Å². The molecule has 5 nitrogen and oxygen atoms in total. The molecule has 4 N–H and O–H groups in total. The zero-order valence-electron chi connectivity index (χ0n) is 7.94. The van der Waals surface area contributed by atoms with Crippen molar-refractivity contribution in [1.29, 1.82) is 0 Å². The summed E-state index contributed by atoms with van der Waals surface area (Å²) < 4.78 is 37.5. The van der Waals surface area contributed by atoms with Crippen LogP contribution in [0.25, 0.3) is 0 Å². The van der Waals surface area contributed by atoms with Crippen LogP contribution in [0.2, 0.25) is 0 Å². The first kappa shape index (κ1) is 12.0. The molecule has 0 atom stereocenters. The lowest BCUT2D eigenvalue weighted by molar-refractivity contribution is -0.0582. The summed E-state index contributed by atoms with van der Waals surface area (Å²) in [4.78, 5) is 3.25. The van der Waals surface area contributed by atoms with Crippen molar-refractivity contribution in [3.8, 4) is 0 Å². The van der Waals surface area contributed by atoms with Crippen molar-refractivity contribution < 1.29 is 13.2 Å². The van der Waals surface area contributed by atoms with Crippen LogP contribution >= 0.6 is 0 Å². The number of halogens is 3. The lowest BCUT2D eigenvalue weighted by Gasteiger charge is -2.09. The van der Waals surface area contributed by atoms with E-state index in [1.54, 1.807) is 0 Å². The highest BCUT2D eigenvalue weighted by molar-refractivity contribution is 6.04. The number of alkyl halides is 3. The Hall–Kier alpha value is -2.12. The summed E-state index contributed by atoms with van der Waals surface area (Å²) >= 11 is 0. The number of rotatable bonds is 2. The topological polar surface area (TPSA) is 90.2 Å². The van der Waals surface area contributed by atoms with E-state index in [0.717, 1.165) is 0 Å². The third-order valence-electron chi connectivity index (χ3n) is 1.51. The standard InChI is InChI=1S/C8H8F3N5/c9-8(10,11)7(5(13)4-12)15-6-2-1-3-14-16-6/h1-4H,12-13H2/b5-4+,15-7?. The van der Waals surface area contributed by atoms with Crippen LogP contribution in [0.3, 0.4) is 0 Å². The number of nitrogens with zero attached hydrogens (tertiary/aromatic N) is 3. The second kappa shape index (κ2) is 4.60. The van der Waals surface area contributed by atoms with Crippen LogP contribution in [-0.4, -0.2) is 22.1 Å². The highest BCUT2D eigenvalue weighted by atomic mass is 19.4. The Labute approximate surface area is 88.7 Å². The number of nitrogens with two attached hydrogens (primary N) is 2. The van der Waals surface area contributed by atoms with Gasteiger partial charge in [-0.1, -0.05) is 0 Å². The monoisotopic (exact) mass is 231 g/mol. The first-order valence-electron chi connectivity index (χ1n) is 4.06. The molecule has 0 aliphatic rings. The SMILES string of the molecule is N/C=C(/N)C(=Nc1cccnn1)C(F)(F)F. The molecule has 1 aromatic rings. The van der Waals surface area contributed by atoms with Gasteiger partial charge in [-0.15, -0.1) is 5.10 Å². The van der Waals surface area contributed by atoms with Gasteiger partial charge in [0.25, 0.3) is 0 Å². The predicted molar refractivity (Wildman–Crippen MR) is 51.6 cm³/mol. The average molecular weight is 231 g/mol. The first-order valence-corrected chi connectivity index (χ1v) is 4.06. The van der Waals surface area contributed by atoms with Gasteiger partial charge < -0.3 is 11.5 Å². The summed E-state index contributed by atoms with van der Waals surface area (Å²) in [6.07, 6.45) is -2.76. The van der Waals surface area contributed by atoms with Crippen LogP contribution in [0, 0.1) is 0 Å². The third-order valence-corrected chi connectivity index (χ3v) is 1.51. The molecule has 1 heterocycles. The van der Waals surface area contributed by atoms with Gasteiger partial charge in [0.1, 0.15) is 0 Å². The van der Waals surface area contributed by atoms with Crippen LogP contribution in [0.15, 0.2) is 35.2 Å². The Morgan fingerprint density at radius 3 is 2.56 bits per heavy atom. The molecule has 8 heteroatoms. The molecule has 0 spiro atoms. The van der Waals surface area contributed by atoms with E-state index in [1.165, 1.54) is 18.3 Å². The quantitative estimate of drug-likeness (QED) is 0.739. The Morgan fingerprint density at radius 2 is 2.12 bits per heavy atom. The highest BCUT2D eigenvalue weighted by Crippen LogP contribution is 2.22. The van der Waals surface area contributed by atoms with Gasteiger partial charge in [0.15, 0.2) is 11.5 Å². The molecule has 0 saturated heterocycles. The largest absolute Gasteiger partial charge is 0.435 e. The molecule has 0 aliphatic heterocycles. The maximum atomic E-state index is 12.5. The van der Waals surface area contributed by atoms with Crippen molar-refractivity contribution in [2.75, 3.05) is 0 Å². The van der Waals surface area contributed by atoms with Gasteiger partial charge in [-0.05, 0) is 12.1 Å². The molecule has 0 unspecified atom stereocenters. The van der Waals surface area contributed by atoms with E-state index >= 15 is 0 Å². The van der Waals surface area contributed by atoms with Crippen LogP contribution in [0.1, 0.15) is 0 Å². The molecular formula is C8H8F3N5. The van der Waals surface area contributed by atoms with E-state index < -0.39 is 17.6 Å². The molecule has 1 aromatic heterocycles. The molecule has 0 bridgehead atoms.